The molecule has 1 heterocycles. The van der Waals surface area contributed by atoms with Crippen molar-refractivity contribution in [2.45, 2.75) is 38.5 Å². The third kappa shape index (κ3) is 4.86. The number of rotatable bonds is 7. The van der Waals surface area contributed by atoms with Crippen molar-refractivity contribution in [3.8, 4) is 0 Å². The molecule has 2 rings (SSSR count). The SMILES string of the molecule is Cc1ccc(C(CCCCC(N)=O)c2ccc(Cl)c(=O)[nH]2)cc1Cl. The van der Waals surface area contributed by atoms with Crippen molar-refractivity contribution in [1.29, 1.82) is 0 Å². The van der Waals surface area contributed by atoms with E-state index in [9.17, 15) is 9.59 Å². The van der Waals surface area contributed by atoms with E-state index in [4.69, 9.17) is 28.9 Å². The van der Waals surface area contributed by atoms with E-state index in [-0.39, 0.29) is 22.4 Å². The lowest BCUT2D eigenvalue weighted by Crippen LogP contribution is -2.13. The van der Waals surface area contributed by atoms with Gasteiger partial charge < -0.3 is 10.7 Å². The Bertz CT molecular complexity index is 787. The zero-order chi connectivity index (χ0) is 17.7. The Labute approximate surface area is 151 Å². The number of amides is 1. The lowest BCUT2D eigenvalue weighted by Gasteiger charge is -2.18. The van der Waals surface area contributed by atoms with Crippen LogP contribution in [0.4, 0.5) is 0 Å². The molecule has 0 spiro atoms. The molecule has 1 aromatic heterocycles. The second kappa shape index (κ2) is 8.36. The van der Waals surface area contributed by atoms with Gasteiger partial charge in [0.2, 0.25) is 5.91 Å². The highest BCUT2D eigenvalue weighted by Crippen LogP contribution is 2.31. The molecule has 0 saturated carbocycles. The molecule has 0 radical (unpaired) electrons. The maximum absolute atomic E-state index is 11.8. The van der Waals surface area contributed by atoms with E-state index in [1.54, 1.807) is 6.07 Å². The monoisotopic (exact) mass is 366 g/mol. The molecule has 0 saturated heterocycles. The summed E-state index contributed by atoms with van der Waals surface area (Å²) in [6.45, 7) is 1.94. The van der Waals surface area contributed by atoms with E-state index in [1.165, 1.54) is 0 Å². The standard InChI is InChI=1S/C18H20Cl2N2O2/c1-11-6-7-12(10-15(11)20)13(4-2-3-5-17(21)23)16-9-8-14(19)18(24)22-16/h6-10,13H,2-5H2,1H3,(H2,21,23)(H,22,24). The molecule has 0 bridgehead atoms. The van der Waals surface area contributed by atoms with Crippen molar-refractivity contribution in [2.24, 2.45) is 5.73 Å². The topological polar surface area (TPSA) is 76.0 Å². The first-order valence-corrected chi connectivity index (χ1v) is 8.57. The lowest BCUT2D eigenvalue weighted by molar-refractivity contribution is -0.118. The van der Waals surface area contributed by atoms with Crippen molar-refractivity contribution in [3.05, 3.63) is 67.6 Å². The fourth-order valence-corrected chi connectivity index (χ4v) is 2.95. The van der Waals surface area contributed by atoms with Crippen molar-refractivity contribution in [1.82, 2.24) is 4.98 Å². The molecule has 128 valence electrons. The number of hydrogen-bond acceptors (Lipinski definition) is 2. The van der Waals surface area contributed by atoms with E-state index in [2.05, 4.69) is 4.98 Å². The van der Waals surface area contributed by atoms with Crippen LogP contribution in [0.3, 0.4) is 0 Å². The zero-order valence-electron chi connectivity index (χ0n) is 13.4. The van der Waals surface area contributed by atoms with Gasteiger partial charge in [-0.15, -0.1) is 0 Å². The van der Waals surface area contributed by atoms with Crippen LogP contribution in [0.25, 0.3) is 0 Å². The number of hydrogen-bond donors (Lipinski definition) is 2. The van der Waals surface area contributed by atoms with Gasteiger partial charge in [-0.2, -0.15) is 0 Å². The van der Waals surface area contributed by atoms with Crippen LogP contribution >= 0.6 is 23.2 Å². The summed E-state index contributed by atoms with van der Waals surface area (Å²) in [5, 5.41) is 0.846. The molecular weight excluding hydrogens is 347 g/mol. The first kappa shape index (κ1) is 18.6. The zero-order valence-corrected chi connectivity index (χ0v) is 15.0. The van der Waals surface area contributed by atoms with Gasteiger partial charge in [0.25, 0.3) is 5.56 Å². The van der Waals surface area contributed by atoms with E-state index >= 15 is 0 Å². The Kier molecular flexibility index (Phi) is 6.46. The highest BCUT2D eigenvalue weighted by molar-refractivity contribution is 6.31. The number of unbranched alkanes of at least 4 members (excludes halogenated alkanes) is 1. The third-order valence-electron chi connectivity index (χ3n) is 4.02. The Morgan fingerprint density at radius 1 is 1.17 bits per heavy atom. The number of pyridine rings is 1. The largest absolute Gasteiger partial charge is 0.370 e. The van der Waals surface area contributed by atoms with Crippen LogP contribution in [0.5, 0.6) is 0 Å². The number of halogens is 2. The summed E-state index contributed by atoms with van der Waals surface area (Å²) in [6, 6.07) is 9.30. The normalized spacial score (nSPS) is 12.1. The van der Waals surface area contributed by atoms with E-state index < -0.39 is 0 Å². The van der Waals surface area contributed by atoms with Crippen molar-refractivity contribution in [2.75, 3.05) is 0 Å². The molecule has 1 amide bonds. The van der Waals surface area contributed by atoms with Gasteiger partial charge in [0, 0.05) is 23.1 Å². The van der Waals surface area contributed by atoms with Gasteiger partial charge in [-0.25, -0.2) is 0 Å². The summed E-state index contributed by atoms with van der Waals surface area (Å²) < 4.78 is 0. The second-order valence-electron chi connectivity index (χ2n) is 5.86. The lowest BCUT2D eigenvalue weighted by atomic mass is 9.89. The molecule has 4 nitrogen and oxygen atoms in total. The molecule has 2 aromatic rings. The molecule has 1 aromatic carbocycles. The number of aromatic nitrogens is 1. The minimum Gasteiger partial charge on any atom is -0.370 e. The highest BCUT2D eigenvalue weighted by Gasteiger charge is 2.17. The minimum absolute atomic E-state index is 0.0269. The number of nitrogens with one attached hydrogen (secondary N) is 1. The molecule has 0 fully saturated rings. The van der Waals surface area contributed by atoms with Crippen LogP contribution in [0, 0.1) is 6.92 Å². The fourth-order valence-electron chi connectivity index (χ4n) is 2.65. The number of aryl methyl sites for hydroxylation is 1. The molecule has 24 heavy (non-hydrogen) atoms. The van der Waals surface area contributed by atoms with Crippen LogP contribution in [0.15, 0.2) is 35.1 Å². The predicted octanol–water partition coefficient (Wildman–Crippen LogP) is 4.17. The molecule has 1 atom stereocenters. The first-order chi connectivity index (χ1) is 11.4. The summed E-state index contributed by atoms with van der Waals surface area (Å²) in [6.07, 6.45) is 2.65. The number of benzene rings is 1. The van der Waals surface area contributed by atoms with Gasteiger partial charge in [-0.3, -0.25) is 9.59 Å². The summed E-state index contributed by atoms with van der Waals surface area (Å²) in [5.74, 6) is -0.328. The number of nitrogens with two attached hydrogens (primary N) is 1. The van der Waals surface area contributed by atoms with Gasteiger partial charge in [-0.05, 0) is 49.1 Å². The van der Waals surface area contributed by atoms with E-state index in [0.717, 1.165) is 29.7 Å². The Balaban J connectivity index is 2.29. The number of H-pyrrole nitrogens is 1. The first-order valence-electron chi connectivity index (χ1n) is 7.81. The smallest absolute Gasteiger partial charge is 0.266 e. The summed E-state index contributed by atoms with van der Waals surface area (Å²) in [4.78, 5) is 25.6. The average Bonchev–Trinajstić information content (AvgIpc) is 2.53. The van der Waals surface area contributed by atoms with Crippen LogP contribution < -0.4 is 11.3 Å². The van der Waals surface area contributed by atoms with Gasteiger partial charge in [-0.1, -0.05) is 41.8 Å². The van der Waals surface area contributed by atoms with Crippen molar-refractivity contribution < 1.29 is 4.79 Å². The average molecular weight is 367 g/mol. The number of carbonyl (C=O) groups excluding carboxylic acids is 1. The highest BCUT2D eigenvalue weighted by atomic mass is 35.5. The summed E-state index contributed by atoms with van der Waals surface area (Å²) >= 11 is 12.1. The Morgan fingerprint density at radius 3 is 2.54 bits per heavy atom. The van der Waals surface area contributed by atoms with Crippen LogP contribution in [-0.2, 0) is 4.79 Å². The van der Waals surface area contributed by atoms with Crippen molar-refractivity contribution in [3.63, 3.8) is 0 Å². The third-order valence-corrected chi connectivity index (χ3v) is 4.73. The number of primary amides is 1. The number of aromatic amines is 1. The fraction of sp³-hybridized carbons (Fsp3) is 0.333. The van der Waals surface area contributed by atoms with Gasteiger partial charge in [0.15, 0.2) is 0 Å². The van der Waals surface area contributed by atoms with Crippen LogP contribution in [0.2, 0.25) is 10.0 Å². The Hall–Kier alpha value is -1.78. The van der Waals surface area contributed by atoms with Gasteiger partial charge in [0.1, 0.15) is 5.02 Å². The van der Waals surface area contributed by atoms with Crippen LogP contribution in [0.1, 0.15) is 48.4 Å². The predicted molar refractivity (Wildman–Crippen MR) is 97.8 cm³/mol. The minimum atomic E-state index is -0.311. The molecule has 0 aliphatic heterocycles. The molecule has 1 unspecified atom stereocenters. The molecule has 3 N–H and O–H groups in total. The Morgan fingerprint density at radius 2 is 1.92 bits per heavy atom. The quantitative estimate of drug-likeness (QED) is 0.721. The number of carbonyl (C=O) groups is 1. The van der Waals surface area contributed by atoms with Crippen LogP contribution in [-0.4, -0.2) is 10.9 Å². The van der Waals surface area contributed by atoms with Crippen molar-refractivity contribution >= 4 is 29.1 Å². The van der Waals surface area contributed by atoms with E-state index in [1.807, 2.05) is 31.2 Å². The molecule has 0 aliphatic carbocycles. The maximum atomic E-state index is 11.8. The summed E-state index contributed by atoms with van der Waals surface area (Å²) in [7, 11) is 0. The van der Waals surface area contributed by atoms with Gasteiger partial charge >= 0.3 is 0 Å². The van der Waals surface area contributed by atoms with E-state index in [0.29, 0.717) is 17.9 Å². The maximum Gasteiger partial charge on any atom is 0.266 e. The summed E-state index contributed by atoms with van der Waals surface area (Å²) in [5.41, 5.74) is 7.67. The van der Waals surface area contributed by atoms with Gasteiger partial charge in [0.05, 0.1) is 0 Å². The molecule has 0 aliphatic rings. The molecule has 6 heteroatoms. The second-order valence-corrected chi connectivity index (χ2v) is 6.68. The molecular formula is C18H20Cl2N2O2.